The van der Waals surface area contributed by atoms with Gasteiger partial charge in [0.1, 0.15) is 5.82 Å². The highest BCUT2D eigenvalue weighted by molar-refractivity contribution is 7.93. The summed E-state index contributed by atoms with van der Waals surface area (Å²) in [5.41, 5.74) is 0.248. The molecule has 2 N–H and O–H groups in total. The topological polar surface area (TPSA) is 58.2 Å². The average molecular weight is 274 g/mol. The minimum Gasteiger partial charge on any atom is -0.315 e. The van der Waals surface area contributed by atoms with Gasteiger partial charge in [0.15, 0.2) is 0 Å². The molecular formula is C12H19FN2O2S. The minimum atomic E-state index is -3.49. The number of hydrogen-bond donors (Lipinski definition) is 2. The molecule has 0 radical (unpaired) electrons. The van der Waals surface area contributed by atoms with Gasteiger partial charge in [-0.25, -0.2) is 12.8 Å². The van der Waals surface area contributed by atoms with E-state index in [1.165, 1.54) is 18.2 Å². The summed E-state index contributed by atoms with van der Waals surface area (Å²) in [6, 6.07) is 5.41. The number of nitrogens with one attached hydrogen (secondary N) is 2. The Labute approximate surface area is 108 Å². The number of benzene rings is 1. The molecule has 0 fully saturated rings. The van der Waals surface area contributed by atoms with Gasteiger partial charge in [-0.3, -0.25) is 4.72 Å². The molecule has 1 rings (SSSR count). The fourth-order valence-electron chi connectivity index (χ4n) is 1.41. The molecule has 1 aromatic carbocycles. The number of halogens is 1. The molecule has 0 bridgehead atoms. The predicted molar refractivity (Wildman–Crippen MR) is 71.6 cm³/mol. The Morgan fingerprint density at radius 3 is 2.72 bits per heavy atom. The highest BCUT2D eigenvalue weighted by Crippen LogP contribution is 2.13. The first-order valence-corrected chi connectivity index (χ1v) is 7.48. The van der Waals surface area contributed by atoms with Crippen molar-refractivity contribution in [1.29, 1.82) is 0 Å². The Kier molecular flexibility index (Phi) is 5.55. The molecule has 0 aliphatic heterocycles. The van der Waals surface area contributed by atoms with Crippen molar-refractivity contribution < 1.29 is 12.8 Å². The lowest BCUT2D eigenvalue weighted by atomic mass is 10.3. The van der Waals surface area contributed by atoms with Gasteiger partial charge >= 0.3 is 0 Å². The number of sulfonamides is 1. The summed E-state index contributed by atoms with van der Waals surface area (Å²) in [6.07, 6.45) is 0.949. The Hall–Kier alpha value is -1.14. The molecule has 1 unspecified atom stereocenters. The molecule has 0 aromatic heterocycles. The SMILES string of the molecule is CCCNCC(C)S(=O)(=O)Nc1cccc(F)c1. The van der Waals surface area contributed by atoms with Gasteiger partial charge in [0.2, 0.25) is 10.0 Å². The van der Waals surface area contributed by atoms with Gasteiger partial charge in [-0.05, 0) is 38.1 Å². The third kappa shape index (κ3) is 4.62. The summed E-state index contributed by atoms with van der Waals surface area (Å²) in [4.78, 5) is 0. The van der Waals surface area contributed by atoms with Crippen molar-refractivity contribution in [2.24, 2.45) is 0 Å². The molecule has 0 spiro atoms. The number of hydrogen-bond acceptors (Lipinski definition) is 3. The molecule has 0 aliphatic rings. The highest BCUT2D eigenvalue weighted by Gasteiger charge is 2.20. The van der Waals surface area contributed by atoms with Crippen LogP contribution in [-0.2, 0) is 10.0 Å². The molecule has 18 heavy (non-hydrogen) atoms. The molecule has 0 heterocycles. The van der Waals surface area contributed by atoms with E-state index in [0.29, 0.717) is 6.54 Å². The lowest BCUT2D eigenvalue weighted by molar-refractivity contribution is 0.575. The largest absolute Gasteiger partial charge is 0.315 e. The van der Waals surface area contributed by atoms with E-state index in [0.717, 1.165) is 19.0 Å². The van der Waals surface area contributed by atoms with Crippen molar-refractivity contribution in [2.75, 3.05) is 17.8 Å². The number of rotatable bonds is 7. The van der Waals surface area contributed by atoms with E-state index in [9.17, 15) is 12.8 Å². The highest BCUT2D eigenvalue weighted by atomic mass is 32.2. The maximum Gasteiger partial charge on any atom is 0.236 e. The van der Waals surface area contributed by atoms with Gasteiger partial charge < -0.3 is 5.32 Å². The van der Waals surface area contributed by atoms with Gasteiger partial charge in [0.05, 0.1) is 10.9 Å². The summed E-state index contributed by atoms with van der Waals surface area (Å²) in [5.74, 6) is -0.466. The Bertz CT molecular complexity index is 477. The first-order valence-electron chi connectivity index (χ1n) is 5.93. The van der Waals surface area contributed by atoms with Crippen LogP contribution in [0.25, 0.3) is 0 Å². The van der Waals surface area contributed by atoms with Gasteiger partial charge in [0, 0.05) is 6.54 Å². The van der Waals surface area contributed by atoms with Crippen LogP contribution in [-0.4, -0.2) is 26.8 Å². The van der Waals surface area contributed by atoms with Crippen LogP contribution in [0.5, 0.6) is 0 Å². The lowest BCUT2D eigenvalue weighted by Crippen LogP contribution is -2.35. The fourth-order valence-corrected chi connectivity index (χ4v) is 2.40. The zero-order chi connectivity index (χ0) is 13.6. The van der Waals surface area contributed by atoms with E-state index >= 15 is 0 Å². The maximum atomic E-state index is 12.9. The van der Waals surface area contributed by atoms with E-state index in [1.807, 2.05) is 6.92 Å². The van der Waals surface area contributed by atoms with Gasteiger partial charge in [-0.2, -0.15) is 0 Å². The van der Waals surface area contributed by atoms with Crippen LogP contribution in [0.1, 0.15) is 20.3 Å². The van der Waals surface area contributed by atoms with Crippen LogP contribution in [0.4, 0.5) is 10.1 Å². The standard InChI is InChI=1S/C12H19FN2O2S/c1-3-7-14-9-10(2)18(16,17)15-12-6-4-5-11(13)8-12/h4-6,8,10,14-15H,3,7,9H2,1-2H3. The molecular weight excluding hydrogens is 255 g/mol. The van der Waals surface area contributed by atoms with Crippen molar-refractivity contribution in [2.45, 2.75) is 25.5 Å². The van der Waals surface area contributed by atoms with Crippen LogP contribution >= 0.6 is 0 Å². The molecule has 0 saturated carbocycles. The third-order valence-electron chi connectivity index (χ3n) is 2.47. The summed E-state index contributed by atoms with van der Waals surface area (Å²) in [6.45, 7) is 4.78. The Morgan fingerprint density at radius 2 is 2.11 bits per heavy atom. The molecule has 1 aromatic rings. The first kappa shape index (κ1) is 14.9. The van der Waals surface area contributed by atoms with Crippen LogP contribution in [0.15, 0.2) is 24.3 Å². The summed E-state index contributed by atoms with van der Waals surface area (Å²) >= 11 is 0. The predicted octanol–water partition coefficient (Wildman–Crippen LogP) is 1.96. The average Bonchev–Trinajstić information content (AvgIpc) is 2.28. The molecule has 0 amide bonds. The van der Waals surface area contributed by atoms with Gasteiger partial charge in [-0.15, -0.1) is 0 Å². The second-order valence-corrected chi connectivity index (χ2v) is 6.27. The maximum absolute atomic E-state index is 12.9. The van der Waals surface area contributed by atoms with E-state index < -0.39 is 21.1 Å². The zero-order valence-corrected chi connectivity index (χ0v) is 11.4. The molecule has 1 atom stereocenters. The lowest BCUT2D eigenvalue weighted by Gasteiger charge is -2.15. The number of anilines is 1. The smallest absolute Gasteiger partial charge is 0.236 e. The molecule has 102 valence electrons. The van der Waals surface area contributed by atoms with E-state index in [4.69, 9.17) is 0 Å². The van der Waals surface area contributed by atoms with Crippen molar-refractivity contribution in [3.8, 4) is 0 Å². The third-order valence-corrected chi connectivity index (χ3v) is 4.22. The first-order chi connectivity index (χ1) is 8.45. The quantitative estimate of drug-likeness (QED) is 0.747. The van der Waals surface area contributed by atoms with Crippen molar-refractivity contribution in [3.05, 3.63) is 30.1 Å². The van der Waals surface area contributed by atoms with Gasteiger partial charge in [0.25, 0.3) is 0 Å². The normalized spacial score (nSPS) is 13.3. The van der Waals surface area contributed by atoms with Crippen LogP contribution in [0.3, 0.4) is 0 Å². The van der Waals surface area contributed by atoms with E-state index in [1.54, 1.807) is 6.92 Å². The second kappa shape index (κ2) is 6.70. The summed E-state index contributed by atoms with van der Waals surface area (Å²) < 4.78 is 39.2. The summed E-state index contributed by atoms with van der Waals surface area (Å²) in [5, 5.41) is 2.47. The van der Waals surface area contributed by atoms with Gasteiger partial charge in [-0.1, -0.05) is 13.0 Å². The van der Waals surface area contributed by atoms with E-state index in [-0.39, 0.29) is 5.69 Å². The molecule has 4 nitrogen and oxygen atoms in total. The monoisotopic (exact) mass is 274 g/mol. The molecule has 0 aliphatic carbocycles. The van der Waals surface area contributed by atoms with Crippen LogP contribution in [0.2, 0.25) is 0 Å². The van der Waals surface area contributed by atoms with Crippen molar-refractivity contribution in [1.82, 2.24) is 5.32 Å². The zero-order valence-electron chi connectivity index (χ0n) is 10.6. The van der Waals surface area contributed by atoms with E-state index in [2.05, 4.69) is 10.0 Å². The van der Waals surface area contributed by atoms with Crippen molar-refractivity contribution >= 4 is 15.7 Å². The molecule has 6 heteroatoms. The van der Waals surface area contributed by atoms with Crippen molar-refractivity contribution in [3.63, 3.8) is 0 Å². The fraction of sp³-hybridized carbons (Fsp3) is 0.500. The van der Waals surface area contributed by atoms with Crippen LogP contribution in [0, 0.1) is 5.82 Å². The second-order valence-electron chi connectivity index (χ2n) is 4.17. The Balaban J connectivity index is 2.64. The molecule has 0 saturated heterocycles. The summed E-state index contributed by atoms with van der Waals surface area (Å²) in [7, 11) is -3.49. The Morgan fingerprint density at radius 1 is 1.39 bits per heavy atom. The minimum absolute atomic E-state index is 0.248. The van der Waals surface area contributed by atoms with Crippen LogP contribution < -0.4 is 10.0 Å².